The zero-order chi connectivity index (χ0) is 11.7. The van der Waals surface area contributed by atoms with E-state index in [9.17, 15) is 9.59 Å². The van der Waals surface area contributed by atoms with Crippen molar-refractivity contribution in [3.63, 3.8) is 0 Å². The third-order valence-corrected chi connectivity index (χ3v) is 3.51. The van der Waals surface area contributed by atoms with Crippen molar-refractivity contribution in [1.29, 1.82) is 0 Å². The zero-order valence-corrected chi connectivity index (χ0v) is 9.39. The molecule has 2 fully saturated rings. The van der Waals surface area contributed by atoms with Crippen LogP contribution in [-0.2, 0) is 14.3 Å². The summed E-state index contributed by atoms with van der Waals surface area (Å²) in [6, 6.07) is 0.100. The van der Waals surface area contributed by atoms with Gasteiger partial charge in [0, 0.05) is 6.54 Å². The molecule has 2 rings (SSSR count). The van der Waals surface area contributed by atoms with Gasteiger partial charge < -0.3 is 14.7 Å². The van der Waals surface area contributed by atoms with E-state index in [4.69, 9.17) is 9.84 Å². The molecule has 2 aliphatic rings. The summed E-state index contributed by atoms with van der Waals surface area (Å²) in [4.78, 5) is 24.5. The zero-order valence-electron chi connectivity index (χ0n) is 9.39. The summed E-state index contributed by atoms with van der Waals surface area (Å²) in [5, 5.41) is 8.84. The fraction of sp³-hybridized carbons (Fsp3) is 0.818. The Labute approximate surface area is 94.4 Å². The molecule has 1 aliphatic heterocycles. The predicted molar refractivity (Wildman–Crippen MR) is 55.9 cm³/mol. The molecule has 0 radical (unpaired) electrons. The molecule has 5 nitrogen and oxygen atoms in total. The van der Waals surface area contributed by atoms with Crippen LogP contribution < -0.4 is 0 Å². The SMILES string of the molecule is CC(C(=O)O)C(=O)N1CCOC2CCCC21. The standard InChI is InChI=1S/C11H17NO4/c1-7(11(14)15)10(13)12-5-6-16-9-4-2-3-8(9)12/h7-9H,2-6H2,1H3,(H,14,15). The van der Waals surface area contributed by atoms with E-state index in [-0.39, 0.29) is 18.1 Å². The quantitative estimate of drug-likeness (QED) is 0.697. The van der Waals surface area contributed by atoms with Gasteiger partial charge in [-0.25, -0.2) is 0 Å². The van der Waals surface area contributed by atoms with Gasteiger partial charge in [-0.1, -0.05) is 0 Å². The summed E-state index contributed by atoms with van der Waals surface area (Å²) in [6.45, 7) is 2.50. The van der Waals surface area contributed by atoms with Gasteiger partial charge in [0.1, 0.15) is 5.92 Å². The molecule has 0 spiro atoms. The highest BCUT2D eigenvalue weighted by molar-refractivity contribution is 5.96. The molecular formula is C11H17NO4. The van der Waals surface area contributed by atoms with Crippen LogP contribution in [0.5, 0.6) is 0 Å². The van der Waals surface area contributed by atoms with Crippen molar-refractivity contribution in [2.24, 2.45) is 5.92 Å². The van der Waals surface area contributed by atoms with E-state index in [0.29, 0.717) is 13.2 Å². The highest BCUT2D eigenvalue weighted by Crippen LogP contribution is 2.30. The molecular weight excluding hydrogens is 210 g/mol. The number of hydrogen-bond donors (Lipinski definition) is 1. The Balaban J connectivity index is 2.07. The first kappa shape index (κ1) is 11.4. The monoisotopic (exact) mass is 227 g/mol. The fourth-order valence-corrected chi connectivity index (χ4v) is 2.55. The summed E-state index contributed by atoms with van der Waals surface area (Å²) in [5.41, 5.74) is 0. The van der Waals surface area contributed by atoms with E-state index < -0.39 is 11.9 Å². The lowest BCUT2D eigenvalue weighted by Crippen LogP contribution is -2.53. The van der Waals surface area contributed by atoms with Gasteiger partial charge in [0.2, 0.25) is 5.91 Å². The van der Waals surface area contributed by atoms with Gasteiger partial charge in [-0.3, -0.25) is 9.59 Å². The molecule has 1 aliphatic carbocycles. The van der Waals surface area contributed by atoms with Gasteiger partial charge in [-0.05, 0) is 26.2 Å². The third-order valence-electron chi connectivity index (χ3n) is 3.51. The molecule has 1 saturated heterocycles. The molecule has 1 heterocycles. The van der Waals surface area contributed by atoms with Crippen LogP contribution in [0.15, 0.2) is 0 Å². The molecule has 3 unspecified atom stereocenters. The summed E-state index contributed by atoms with van der Waals surface area (Å²) >= 11 is 0. The molecule has 3 atom stereocenters. The number of ether oxygens (including phenoxy) is 1. The first-order chi connectivity index (χ1) is 7.61. The largest absolute Gasteiger partial charge is 0.481 e. The number of aliphatic carboxylic acids is 1. The second kappa shape index (κ2) is 4.41. The van der Waals surface area contributed by atoms with Gasteiger partial charge in [-0.2, -0.15) is 0 Å². The van der Waals surface area contributed by atoms with Crippen LogP contribution in [-0.4, -0.2) is 47.2 Å². The Morgan fingerprint density at radius 2 is 2.19 bits per heavy atom. The molecule has 1 N–H and O–H groups in total. The maximum atomic E-state index is 12.0. The van der Waals surface area contributed by atoms with Crippen LogP contribution in [0, 0.1) is 5.92 Å². The van der Waals surface area contributed by atoms with Crippen molar-refractivity contribution in [2.45, 2.75) is 38.3 Å². The second-order valence-corrected chi connectivity index (χ2v) is 4.50. The number of carboxylic acids is 1. The van der Waals surface area contributed by atoms with E-state index in [1.54, 1.807) is 4.90 Å². The molecule has 1 saturated carbocycles. The molecule has 0 aromatic rings. The first-order valence-electron chi connectivity index (χ1n) is 5.76. The van der Waals surface area contributed by atoms with Gasteiger partial charge in [0.15, 0.2) is 0 Å². The van der Waals surface area contributed by atoms with Crippen molar-refractivity contribution in [2.75, 3.05) is 13.2 Å². The highest BCUT2D eigenvalue weighted by Gasteiger charge is 2.40. The Morgan fingerprint density at radius 3 is 2.88 bits per heavy atom. The van der Waals surface area contributed by atoms with E-state index >= 15 is 0 Å². The summed E-state index contributed by atoms with van der Waals surface area (Å²) in [5.74, 6) is -2.27. The van der Waals surface area contributed by atoms with Crippen LogP contribution in [0.3, 0.4) is 0 Å². The van der Waals surface area contributed by atoms with Crippen LogP contribution in [0.4, 0.5) is 0 Å². The van der Waals surface area contributed by atoms with Crippen LogP contribution in [0.2, 0.25) is 0 Å². The lowest BCUT2D eigenvalue weighted by atomic mass is 10.1. The van der Waals surface area contributed by atoms with E-state index in [1.807, 2.05) is 0 Å². The lowest BCUT2D eigenvalue weighted by molar-refractivity contribution is -0.157. The first-order valence-corrected chi connectivity index (χ1v) is 5.76. The average molecular weight is 227 g/mol. The predicted octanol–water partition coefficient (Wildman–Crippen LogP) is 0.487. The molecule has 1 amide bonds. The number of carbonyl (C=O) groups is 2. The third kappa shape index (κ3) is 1.91. The Morgan fingerprint density at radius 1 is 1.44 bits per heavy atom. The van der Waals surface area contributed by atoms with Crippen LogP contribution in [0.1, 0.15) is 26.2 Å². The fourth-order valence-electron chi connectivity index (χ4n) is 2.55. The van der Waals surface area contributed by atoms with Gasteiger partial charge >= 0.3 is 5.97 Å². The number of carbonyl (C=O) groups excluding carboxylic acids is 1. The number of carboxylic acid groups (broad SMARTS) is 1. The Kier molecular flexibility index (Phi) is 3.14. The van der Waals surface area contributed by atoms with Crippen molar-refractivity contribution in [3.05, 3.63) is 0 Å². The van der Waals surface area contributed by atoms with E-state index in [2.05, 4.69) is 0 Å². The Bertz CT molecular complexity index is 304. The minimum Gasteiger partial charge on any atom is -0.481 e. The molecule has 0 aromatic heterocycles. The summed E-state index contributed by atoms with van der Waals surface area (Å²) in [6.07, 6.45) is 3.10. The smallest absolute Gasteiger partial charge is 0.315 e. The molecule has 0 bridgehead atoms. The minimum atomic E-state index is -1.05. The topological polar surface area (TPSA) is 66.8 Å². The molecule has 5 heteroatoms. The molecule has 16 heavy (non-hydrogen) atoms. The molecule has 0 aromatic carbocycles. The average Bonchev–Trinajstić information content (AvgIpc) is 2.74. The van der Waals surface area contributed by atoms with Gasteiger partial charge in [0.25, 0.3) is 0 Å². The number of morpholine rings is 1. The van der Waals surface area contributed by atoms with Gasteiger partial charge in [-0.15, -0.1) is 0 Å². The van der Waals surface area contributed by atoms with E-state index in [1.165, 1.54) is 6.92 Å². The summed E-state index contributed by atoms with van der Waals surface area (Å²) in [7, 11) is 0. The van der Waals surface area contributed by atoms with Crippen molar-refractivity contribution in [1.82, 2.24) is 4.90 Å². The number of fused-ring (bicyclic) bond motifs is 1. The van der Waals surface area contributed by atoms with Crippen molar-refractivity contribution < 1.29 is 19.4 Å². The lowest BCUT2D eigenvalue weighted by Gasteiger charge is -2.38. The maximum absolute atomic E-state index is 12.0. The second-order valence-electron chi connectivity index (χ2n) is 4.50. The number of nitrogens with zero attached hydrogens (tertiary/aromatic N) is 1. The Hall–Kier alpha value is -1.10. The van der Waals surface area contributed by atoms with Crippen molar-refractivity contribution >= 4 is 11.9 Å². The number of amides is 1. The minimum absolute atomic E-state index is 0.100. The summed E-state index contributed by atoms with van der Waals surface area (Å²) < 4.78 is 5.58. The highest BCUT2D eigenvalue weighted by atomic mass is 16.5. The number of hydrogen-bond acceptors (Lipinski definition) is 3. The van der Waals surface area contributed by atoms with E-state index in [0.717, 1.165) is 19.3 Å². The normalized spacial score (nSPS) is 30.9. The van der Waals surface area contributed by atoms with Crippen LogP contribution >= 0.6 is 0 Å². The number of rotatable bonds is 2. The van der Waals surface area contributed by atoms with Crippen LogP contribution in [0.25, 0.3) is 0 Å². The van der Waals surface area contributed by atoms with Gasteiger partial charge in [0.05, 0.1) is 18.8 Å². The molecule has 90 valence electrons. The van der Waals surface area contributed by atoms with Crippen molar-refractivity contribution in [3.8, 4) is 0 Å². The maximum Gasteiger partial charge on any atom is 0.315 e.